The second-order valence-corrected chi connectivity index (χ2v) is 8.77. The molecule has 136 valence electrons. The van der Waals surface area contributed by atoms with Crippen molar-refractivity contribution in [2.45, 2.75) is 30.4 Å². The van der Waals surface area contributed by atoms with Crippen molar-refractivity contribution in [2.75, 3.05) is 25.6 Å². The van der Waals surface area contributed by atoms with Gasteiger partial charge in [0.1, 0.15) is 0 Å². The SMILES string of the molecule is c1ccc(CO[C@H]2CSC3(C2)CN(Cc2ccc4c(c2)OCO4)C3)nc1. The van der Waals surface area contributed by atoms with Gasteiger partial charge in [0.15, 0.2) is 11.5 Å². The largest absolute Gasteiger partial charge is 0.454 e. The summed E-state index contributed by atoms with van der Waals surface area (Å²) in [6, 6.07) is 12.2. The fraction of sp³-hybridized carbons (Fsp3) is 0.450. The smallest absolute Gasteiger partial charge is 0.231 e. The summed E-state index contributed by atoms with van der Waals surface area (Å²) in [7, 11) is 0. The van der Waals surface area contributed by atoms with E-state index in [2.05, 4.69) is 33.8 Å². The molecule has 0 amide bonds. The van der Waals surface area contributed by atoms with Crippen LogP contribution in [0.5, 0.6) is 11.5 Å². The van der Waals surface area contributed by atoms with Crippen molar-refractivity contribution in [3.63, 3.8) is 0 Å². The summed E-state index contributed by atoms with van der Waals surface area (Å²) in [5, 5.41) is 0. The van der Waals surface area contributed by atoms with Crippen LogP contribution in [0, 0.1) is 0 Å². The number of fused-ring (bicyclic) bond motifs is 1. The van der Waals surface area contributed by atoms with Crippen LogP contribution < -0.4 is 9.47 Å². The Morgan fingerprint density at radius 3 is 3.00 bits per heavy atom. The summed E-state index contributed by atoms with van der Waals surface area (Å²) in [6.45, 7) is 4.19. The third-order valence-corrected chi connectivity index (χ3v) is 6.81. The highest BCUT2D eigenvalue weighted by Crippen LogP contribution is 2.46. The molecule has 5 nitrogen and oxygen atoms in total. The van der Waals surface area contributed by atoms with Crippen LogP contribution in [0.1, 0.15) is 17.7 Å². The average Bonchev–Trinajstić information content (AvgIpc) is 3.27. The van der Waals surface area contributed by atoms with Gasteiger partial charge in [-0.05, 0) is 36.2 Å². The minimum Gasteiger partial charge on any atom is -0.454 e. The number of rotatable bonds is 5. The van der Waals surface area contributed by atoms with Crippen molar-refractivity contribution >= 4 is 11.8 Å². The summed E-state index contributed by atoms with van der Waals surface area (Å²) < 4.78 is 17.3. The second-order valence-electron chi connectivity index (χ2n) is 7.29. The Bertz CT molecular complexity index is 780. The topological polar surface area (TPSA) is 43.8 Å². The molecule has 1 aromatic heterocycles. The highest BCUT2D eigenvalue weighted by molar-refractivity contribution is 8.01. The Morgan fingerprint density at radius 2 is 2.12 bits per heavy atom. The first kappa shape index (κ1) is 16.4. The number of ether oxygens (including phenoxy) is 3. The van der Waals surface area contributed by atoms with Gasteiger partial charge in [-0.2, -0.15) is 0 Å². The lowest BCUT2D eigenvalue weighted by atomic mass is 9.92. The van der Waals surface area contributed by atoms with E-state index >= 15 is 0 Å². The molecule has 2 saturated heterocycles. The van der Waals surface area contributed by atoms with Gasteiger partial charge in [-0.1, -0.05) is 12.1 Å². The molecule has 0 aliphatic carbocycles. The molecule has 5 rings (SSSR count). The van der Waals surface area contributed by atoms with Crippen LogP contribution >= 0.6 is 11.8 Å². The summed E-state index contributed by atoms with van der Waals surface area (Å²) in [4.78, 5) is 6.84. The van der Waals surface area contributed by atoms with E-state index in [-0.39, 0.29) is 0 Å². The summed E-state index contributed by atoms with van der Waals surface area (Å²) >= 11 is 2.08. The third-order valence-electron chi connectivity index (χ3n) is 5.23. The van der Waals surface area contributed by atoms with Crippen molar-refractivity contribution in [3.8, 4) is 11.5 Å². The lowest BCUT2D eigenvalue weighted by Crippen LogP contribution is -2.58. The first-order valence-corrected chi connectivity index (χ1v) is 10.0. The fourth-order valence-corrected chi connectivity index (χ4v) is 5.60. The molecule has 1 atom stereocenters. The van der Waals surface area contributed by atoms with Crippen LogP contribution in [0.25, 0.3) is 0 Å². The predicted octanol–water partition coefficient (Wildman–Crippen LogP) is 3.09. The molecular weight excluding hydrogens is 348 g/mol. The molecule has 0 bridgehead atoms. The van der Waals surface area contributed by atoms with E-state index in [1.54, 1.807) is 0 Å². The molecule has 1 spiro atoms. The van der Waals surface area contributed by atoms with E-state index < -0.39 is 0 Å². The van der Waals surface area contributed by atoms with Crippen LogP contribution in [0.15, 0.2) is 42.6 Å². The van der Waals surface area contributed by atoms with Crippen molar-refractivity contribution < 1.29 is 14.2 Å². The minimum atomic E-state index is 0.335. The molecule has 3 aliphatic rings. The highest BCUT2D eigenvalue weighted by atomic mass is 32.2. The minimum absolute atomic E-state index is 0.335. The maximum atomic E-state index is 6.09. The summed E-state index contributed by atoms with van der Waals surface area (Å²) in [5.74, 6) is 2.81. The van der Waals surface area contributed by atoms with Crippen molar-refractivity contribution in [1.29, 1.82) is 0 Å². The number of benzene rings is 1. The number of likely N-dealkylation sites (tertiary alicyclic amines) is 1. The lowest BCUT2D eigenvalue weighted by Gasteiger charge is -2.47. The van der Waals surface area contributed by atoms with E-state index in [1.807, 2.05) is 30.5 Å². The second kappa shape index (κ2) is 6.76. The van der Waals surface area contributed by atoms with Gasteiger partial charge in [0.2, 0.25) is 6.79 Å². The normalized spacial score (nSPS) is 23.3. The number of hydrogen-bond donors (Lipinski definition) is 0. The molecule has 1 aromatic carbocycles. The van der Waals surface area contributed by atoms with E-state index in [0.29, 0.717) is 24.3 Å². The van der Waals surface area contributed by atoms with Gasteiger partial charge in [-0.3, -0.25) is 9.88 Å². The fourth-order valence-electron chi connectivity index (χ4n) is 3.99. The van der Waals surface area contributed by atoms with E-state index in [4.69, 9.17) is 14.2 Å². The molecule has 4 heterocycles. The van der Waals surface area contributed by atoms with Crippen molar-refractivity contribution in [2.24, 2.45) is 0 Å². The Labute approximate surface area is 157 Å². The molecule has 6 heteroatoms. The van der Waals surface area contributed by atoms with Crippen LogP contribution in [-0.4, -0.2) is 46.4 Å². The van der Waals surface area contributed by atoms with E-state index in [9.17, 15) is 0 Å². The average molecular weight is 370 g/mol. The maximum Gasteiger partial charge on any atom is 0.231 e. The number of pyridine rings is 1. The number of nitrogens with zero attached hydrogens (tertiary/aromatic N) is 2. The highest BCUT2D eigenvalue weighted by Gasteiger charge is 2.49. The molecule has 2 fully saturated rings. The lowest BCUT2D eigenvalue weighted by molar-refractivity contribution is 0.0251. The van der Waals surface area contributed by atoms with Crippen molar-refractivity contribution in [1.82, 2.24) is 9.88 Å². The number of thioether (sulfide) groups is 1. The van der Waals surface area contributed by atoms with Gasteiger partial charge in [0, 0.05) is 36.3 Å². The van der Waals surface area contributed by atoms with Crippen molar-refractivity contribution in [3.05, 3.63) is 53.9 Å². The van der Waals surface area contributed by atoms with Gasteiger partial charge < -0.3 is 14.2 Å². The molecule has 26 heavy (non-hydrogen) atoms. The molecular formula is C20H22N2O3S. The zero-order valence-electron chi connectivity index (χ0n) is 14.6. The van der Waals surface area contributed by atoms with Gasteiger partial charge in [0.25, 0.3) is 0 Å². The maximum absolute atomic E-state index is 6.09. The molecule has 0 N–H and O–H groups in total. The Hall–Kier alpha value is -1.76. The zero-order valence-corrected chi connectivity index (χ0v) is 15.4. The Morgan fingerprint density at radius 1 is 1.19 bits per heavy atom. The quantitative estimate of drug-likeness (QED) is 0.806. The van der Waals surface area contributed by atoms with Crippen LogP contribution in [0.4, 0.5) is 0 Å². The van der Waals surface area contributed by atoms with Crippen LogP contribution in [0.2, 0.25) is 0 Å². The zero-order chi connectivity index (χ0) is 17.4. The number of hydrogen-bond acceptors (Lipinski definition) is 6. The van der Waals surface area contributed by atoms with Gasteiger partial charge >= 0.3 is 0 Å². The summed E-state index contributed by atoms with van der Waals surface area (Å²) in [6.07, 6.45) is 3.31. The third kappa shape index (κ3) is 3.29. The van der Waals surface area contributed by atoms with Gasteiger partial charge in [-0.15, -0.1) is 11.8 Å². The first-order valence-electron chi connectivity index (χ1n) is 9.04. The van der Waals surface area contributed by atoms with E-state index in [0.717, 1.165) is 49.0 Å². The first-order chi connectivity index (χ1) is 12.8. The van der Waals surface area contributed by atoms with Gasteiger partial charge in [0.05, 0.1) is 18.4 Å². The molecule has 0 saturated carbocycles. The standard InChI is InChI=1S/C20H22N2O3S/c1-2-6-21-16(3-1)10-23-17-8-20(26-11-17)12-22(13-20)9-15-4-5-18-19(7-15)25-14-24-18/h1-7,17H,8-14H2/t17-/m1/s1. The summed E-state index contributed by atoms with van der Waals surface area (Å²) in [5.41, 5.74) is 2.30. The van der Waals surface area contributed by atoms with Gasteiger partial charge in [-0.25, -0.2) is 0 Å². The Kier molecular flexibility index (Phi) is 4.27. The number of aromatic nitrogens is 1. The molecule has 0 unspecified atom stereocenters. The van der Waals surface area contributed by atoms with E-state index in [1.165, 1.54) is 5.56 Å². The van der Waals surface area contributed by atoms with Crippen LogP contribution in [-0.2, 0) is 17.9 Å². The predicted molar refractivity (Wildman–Crippen MR) is 100 cm³/mol. The molecule has 3 aliphatic heterocycles. The molecule has 2 aromatic rings. The Balaban J connectivity index is 1.11. The monoisotopic (exact) mass is 370 g/mol. The van der Waals surface area contributed by atoms with Crippen LogP contribution in [0.3, 0.4) is 0 Å². The molecule has 0 radical (unpaired) electrons.